The summed E-state index contributed by atoms with van der Waals surface area (Å²) in [6.45, 7) is 0. The summed E-state index contributed by atoms with van der Waals surface area (Å²) in [4.78, 5) is 12.3. The lowest BCUT2D eigenvalue weighted by Gasteiger charge is -1.93. The summed E-state index contributed by atoms with van der Waals surface area (Å²) in [6.07, 6.45) is 0. The van der Waals surface area contributed by atoms with Gasteiger partial charge < -0.3 is 5.11 Å². The molecule has 0 unspecified atom stereocenters. The van der Waals surface area contributed by atoms with Crippen LogP contribution in [0, 0.1) is 0 Å². The van der Waals surface area contributed by atoms with E-state index in [0.717, 1.165) is 10.8 Å². The van der Waals surface area contributed by atoms with Crippen LogP contribution in [-0.4, -0.2) is 5.11 Å². The first-order valence-corrected chi connectivity index (χ1v) is 5.40. The molecule has 0 amide bonds. The van der Waals surface area contributed by atoms with E-state index in [-0.39, 0.29) is 11.2 Å². The lowest BCUT2D eigenvalue weighted by atomic mass is 10.1. The van der Waals surface area contributed by atoms with E-state index in [1.165, 1.54) is 0 Å². The summed E-state index contributed by atoms with van der Waals surface area (Å²) in [5, 5.41) is 12.4. The van der Waals surface area contributed by atoms with Gasteiger partial charge in [0.15, 0.2) is 5.43 Å². The Balaban J connectivity index is 2.63. The van der Waals surface area contributed by atoms with E-state index in [0.29, 0.717) is 10.8 Å². The van der Waals surface area contributed by atoms with Crippen LogP contribution >= 0.6 is 0 Å². The summed E-state index contributed by atoms with van der Waals surface area (Å²) in [5.41, 5.74) is 0.000556. The first-order valence-electron chi connectivity index (χ1n) is 5.40. The van der Waals surface area contributed by atoms with Crippen molar-refractivity contribution in [2.45, 2.75) is 0 Å². The Morgan fingerprint density at radius 3 is 2.35 bits per heavy atom. The molecule has 2 nitrogen and oxygen atoms in total. The molecule has 0 radical (unpaired) electrons. The summed E-state index contributed by atoms with van der Waals surface area (Å²) < 4.78 is 0. The molecule has 0 aliphatic rings. The Hall–Kier alpha value is -2.35. The molecular formula is C15H10O2. The molecule has 3 rings (SSSR count). The van der Waals surface area contributed by atoms with Crippen LogP contribution in [0.3, 0.4) is 0 Å². The number of hydrogen-bond donors (Lipinski definition) is 1. The average Bonchev–Trinajstić information content (AvgIpc) is 2.48. The third-order valence-corrected chi connectivity index (χ3v) is 2.93. The number of fused-ring (bicyclic) bond motifs is 2. The number of phenols is 1. The second kappa shape index (κ2) is 3.59. The zero-order valence-electron chi connectivity index (χ0n) is 9.05. The SMILES string of the molecule is O=c1c2ccccc2ccc2cc(O)ccc12. The fraction of sp³-hybridized carbons (Fsp3) is 0. The lowest BCUT2D eigenvalue weighted by molar-refractivity contribution is 0.476. The van der Waals surface area contributed by atoms with Crippen molar-refractivity contribution in [3.63, 3.8) is 0 Å². The molecule has 0 saturated carbocycles. The number of hydrogen-bond acceptors (Lipinski definition) is 2. The molecular weight excluding hydrogens is 212 g/mol. The summed E-state index contributed by atoms with van der Waals surface area (Å²) >= 11 is 0. The third kappa shape index (κ3) is 1.54. The smallest absolute Gasteiger partial charge is 0.194 e. The minimum atomic E-state index is 0.000556. The molecule has 17 heavy (non-hydrogen) atoms. The van der Waals surface area contributed by atoms with E-state index >= 15 is 0 Å². The van der Waals surface area contributed by atoms with Crippen LogP contribution in [0.25, 0.3) is 21.5 Å². The van der Waals surface area contributed by atoms with Gasteiger partial charge >= 0.3 is 0 Å². The van der Waals surface area contributed by atoms with Crippen molar-refractivity contribution in [2.75, 3.05) is 0 Å². The molecule has 0 saturated heterocycles. The number of aromatic hydroxyl groups is 1. The Morgan fingerprint density at radius 1 is 0.765 bits per heavy atom. The van der Waals surface area contributed by atoms with Gasteiger partial charge in [-0.3, -0.25) is 4.79 Å². The van der Waals surface area contributed by atoms with Gasteiger partial charge in [0.05, 0.1) is 0 Å². The fourth-order valence-corrected chi connectivity index (χ4v) is 2.07. The van der Waals surface area contributed by atoms with Crippen LogP contribution in [0.2, 0.25) is 0 Å². The van der Waals surface area contributed by atoms with E-state index in [2.05, 4.69) is 0 Å². The molecule has 0 atom stereocenters. The first-order chi connectivity index (χ1) is 8.25. The summed E-state index contributed by atoms with van der Waals surface area (Å²) in [6, 6.07) is 16.1. The minimum absolute atomic E-state index is 0.000556. The van der Waals surface area contributed by atoms with Crippen LogP contribution in [0.1, 0.15) is 0 Å². The van der Waals surface area contributed by atoms with Crippen molar-refractivity contribution in [1.82, 2.24) is 0 Å². The van der Waals surface area contributed by atoms with Crippen LogP contribution in [0.15, 0.2) is 59.4 Å². The van der Waals surface area contributed by atoms with E-state index in [4.69, 9.17) is 0 Å². The molecule has 3 aromatic rings. The largest absolute Gasteiger partial charge is 0.508 e. The van der Waals surface area contributed by atoms with Crippen molar-refractivity contribution < 1.29 is 5.11 Å². The Kier molecular flexibility index (Phi) is 2.08. The molecule has 1 N–H and O–H groups in total. The summed E-state index contributed by atoms with van der Waals surface area (Å²) in [5.74, 6) is 0.173. The van der Waals surface area contributed by atoms with Gasteiger partial charge in [-0.2, -0.15) is 0 Å². The predicted octanol–water partition coefficient (Wildman–Crippen LogP) is 3.06. The van der Waals surface area contributed by atoms with Crippen molar-refractivity contribution in [1.29, 1.82) is 0 Å². The summed E-state index contributed by atoms with van der Waals surface area (Å²) in [7, 11) is 0. The second-order valence-electron chi connectivity index (χ2n) is 4.02. The van der Waals surface area contributed by atoms with Crippen LogP contribution < -0.4 is 5.43 Å². The predicted molar refractivity (Wildman–Crippen MR) is 69.4 cm³/mol. The van der Waals surface area contributed by atoms with Crippen molar-refractivity contribution in [3.05, 3.63) is 64.8 Å². The second-order valence-corrected chi connectivity index (χ2v) is 4.02. The fourth-order valence-electron chi connectivity index (χ4n) is 2.07. The molecule has 0 aliphatic carbocycles. The first kappa shape index (κ1) is 9.85. The lowest BCUT2D eigenvalue weighted by Crippen LogP contribution is -1.97. The third-order valence-electron chi connectivity index (χ3n) is 2.93. The van der Waals surface area contributed by atoms with Crippen molar-refractivity contribution >= 4 is 21.5 Å². The molecule has 0 aliphatic heterocycles. The van der Waals surface area contributed by atoms with Crippen LogP contribution in [0.4, 0.5) is 0 Å². The average molecular weight is 222 g/mol. The number of rotatable bonds is 0. The van der Waals surface area contributed by atoms with Gasteiger partial charge in [-0.25, -0.2) is 0 Å². The molecule has 82 valence electrons. The van der Waals surface area contributed by atoms with E-state index in [9.17, 15) is 9.90 Å². The number of benzene rings is 2. The van der Waals surface area contributed by atoms with Crippen molar-refractivity contribution in [3.8, 4) is 5.75 Å². The Bertz CT molecular complexity index is 776. The van der Waals surface area contributed by atoms with Gasteiger partial charge in [0.25, 0.3) is 0 Å². The molecule has 2 heteroatoms. The molecule has 0 aromatic heterocycles. The highest BCUT2D eigenvalue weighted by Gasteiger charge is 2.02. The molecule has 0 spiro atoms. The highest BCUT2D eigenvalue weighted by atomic mass is 16.3. The molecule has 3 aromatic carbocycles. The maximum atomic E-state index is 12.3. The molecule has 0 bridgehead atoms. The van der Waals surface area contributed by atoms with Gasteiger partial charge in [0, 0.05) is 10.8 Å². The molecule has 0 fully saturated rings. The highest BCUT2D eigenvalue weighted by molar-refractivity contribution is 5.93. The normalized spacial score (nSPS) is 10.8. The standard InChI is InChI=1S/C15H10O2/c16-12-7-8-14-11(9-12)6-5-10-3-1-2-4-13(10)15(14)17/h1-9,16H. The van der Waals surface area contributed by atoms with E-state index in [1.807, 2.05) is 36.4 Å². The van der Waals surface area contributed by atoms with Gasteiger partial charge in [0.2, 0.25) is 0 Å². The topological polar surface area (TPSA) is 37.3 Å². The van der Waals surface area contributed by atoms with E-state index < -0.39 is 0 Å². The van der Waals surface area contributed by atoms with E-state index in [1.54, 1.807) is 18.2 Å². The Morgan fingerprint density at radius 2 is 1.47 bits per heavy atom. The van der Waals surface area contributed by atoms with Gasteiger partial charge in [-0.15, -0.1) is 0 Å². The van der Waals surface area contributed by atoms with Crippen LogP contribution in [-0.2, 0) is 0 Å². The van der Waals surface area contributed by atoms with Crippen molar-refractivity contribution in [2.24, 2.45) is 0 Å². The molecule has 0 heterocycles. The van der Waals surface area contributed by atoms with Gasteiger partial charge in [-0.05, 0) is 29.0 Å². The maximum absolute atomic E-state index is 12.3. The highest BCUT2D eigenvalue weighted by Crippen LogP contribution is 2.19. The zero-order chi connectivity index (χ0) is 11.8. The monoisotopic (exact) mass is 222 g/mol. The quantitative estimate of drug-likeness (QED) is 0.634. The minimum Gasteiger partial charge on any atom is -0.508 e. The Labute approximate surface area is 97.8 Å². The number of phenolic OH excluding ortho intramolecular Hbond substituents is 1. The zero-order valence-corrected chi connectivity index (χ0v) is 9.05. The van der Waals surface area contributed by atoms with Gasteiger partial charge in [-0.1, -0.05) is 36.4 Å². The van der Waals surface area contributed by atoms with Crippen LogP contribution in [0.5, 0.6) is 5.75 Å². The van der Waals surface area contributed by atoms with Gasteiger partial charge in [0.1, 0.15) is 5.75 Å². The maximum Gasteiger partial charge on any atom is 0.194 e.